The molecule has 1 aliphatic carbocycles. The summed E-state index contributed by atoms with van der Waals surface area (Å²) in [6, 6.07) is 18.7. The van der Waals surface area contributed by atoms with Gasteiger partial charge in [0.25, 0.3) is 0 Å². The quantitative estimate of drug-likeness (QED) is 0.0481. The number of ether oxygens (including phenoxy) is 2. The Bertz CT molecular complexity index is 1670. The van der Waals surface area contributed by atoms with Gasteiger partial charge >= 0.3 is 5.97 Å². The van der Waals surface area contributed by atoms with Crippen molar-refractivity contribution < 1.29 is 23.5 Å². The van der Waals surface area contributed by atoms with Gasteiger partial charge in [0.2, 0.25) is 5.91 Å². The summed E-state index contributed by atoms with van der Waals surface area (Å²) in [5.41, 5.74) is 10.7. The molecule has 1 saturated carbocycles. The van der Waals surface area contributed by atoms with Crippen LogP contribution in [0.2, 0.25) is 0 Å². The van der Waals surface area contributed by atoms with Gasteiger partial charge in [-0.05, 0) is 72.7 Å². The molecule has 2 N–H and O–H groups in total. The zero-order valence-electron chi connectivity index (χ0n) is 31.1. The minimum absolute atomic E-state index is 0.118. The Morgan fingerprint density at radius 1 is 1.02 bits per heavy atom. The molecule has 0 saturated heterocycles. The van der Waals surface area contributed by atoms with E-state index < -0.39 is 17.7 Å². The maximum Gasteiger partial charge on any atom is 0.337 e. The minimum atomic E-state index is -0.525. The first-order valence-electron chi connectivity index (χ1n) is 17.7. The molecule has 0 radical (unpaired) electrons. The summed E-state index contributed by atoms with van der Waals surface area (Å²) in [6.45, 7) is 8.51. The second-order valence-electron chi connectivity index (χ2n) is 11.7. The normalized spacial score (nSPS) is 13.4. The molecule has 3 aromatic rings. The Morgan fingerprint density at radius 2 is 1.71 bits per heavy atom. The van der Waals surface area contributed by atoms with E-state index in [1.165, 1.54) is 25.2 Å². The highest BCUT2D eigenvalue weighted by molar-refractivity contribution is 5.99. The minimum Gasteiger partial charge on any atom is -0.489 e. The summed E-state index contributed by atoms with van der Waals surface area (Å²) in [5, 5.41) is 0. The molecule has 51 heavy (non-hydrogen) atoms. The first-order chi connectivity index (χ1) is 24.8. The first-order valence-corrected chi connectivity index (χ1v) is 17.7. The number of benzene rings is 3. The molecule has 0 bridgehead atoms. The van der Waals surface area contributed by atoms with Crippen LogP contribution >= 0.6 is 0 Å². The SMILES string of the molecule is C#C.C/C=C(\C=C/CN(C(=NC)c1ccc(OCc2cc(C(N)=O)ccc2-c2ccc(CCC)cc2)cc1F)C1CCCCC1)C(=O)OC.CC. The van der Waals surface area contributed by atoms with E-state index in [1.807, 2.05) is 26.0 Å². The third-order valence-electron chi connectivity index (χ3n) is 8.60. The number of amidine groups is 1. The van der Waals surface area contributed by atoms with Crippen LogP contribution in [0.3, 0.4) is 0 Å². The lowest BCUT2D eigenvalue weighted by atomic mass is 9.93. The van der Waals surface area contributed by atoms with Crippen molar-refractivity contribution in [2.24, 2.45) is 10.7 Å². The number of hydrogen-bond donors (Lipinski definition) is 1. The zero-order valence-corrected chi connectivity index (χ0v) is 31.1. The molecular formula is C43H54FN3O4. The van der Waals surface area contributed by atoms with Crippen molar-refractivity contribution in [2.75, 3.05) is 20.7 Å². The molecule has 1 aliphatic rings. The highest BCUT2D eigenvalue weighted by Gasteiger charge is 2.26. The van der Waals surface area contributed by atoms with E-state index in [9.17, 15) is 9.59 Å². The lowest BCUT2D eigenvalue weighted by Crippen LogP contribution is -2.42. The summed E-state index contributed by atoms with van der Waals surface area (Å²) >= 11 is 0. The van der Waals surface area contributed by atoms with Crippen molar-refractivity contribution in [3.05, 3.63) is 113 Å². The van der Waals surface area contributed by atoms with E-state index in [2.05, 4.69) is 53.9 Å². The lowest BCUT2D eigenvalue weighted by Gasteiger charge is -2.36. The molecule has 0 atom stereocenters. The first kappa shape index (κ1) is 42.0. The molecule has 1 amide bonds. The molecule has 0 aromatic heterocycles. The van der Waals surface area contributed by atoms with Gasteiger partial charge in [-0.2, -0.15) is 0 Å². The zero-order chi connectivity index (χ0) is 37.8. The summed E-state index contributed by atoms with van der Waals surface area (Å²) in [5.74, 6) is -0.474. The van der Waals surface area contributed by atoms with Gasteiger partial charge in [-0.25, -0.2) is 9.18 Å². The van der Waals surface area contributed by atoms with Gasteiger partial charge in [0.05, 0.1) is 18.2 Å². The number of allylic oxidation sites excluding steroid dienone is 1. The number of aliphatic imine (C=N–C) groups is 1. The number of aryl methyl sites for hydroxylation is 1. The van der Waals surface area contributed by atoms with Crippen molar-refractivity contribution in [2.45, 2.75) is 85.3 Å². The van der Waals surface area contributed by atoms with Crippen LogP contribution in [-0.4, -0.2) is 49.4 Å². The number of terminal acetylenes is 1. The Labute approximate surface area is 304 Å². The summed E-state index contributed by atoms with van der Waals surface area (Å²) in [7, 11) is 3.03. The molecule has 0 heterocycles. The Kier molecular flexibility index (Phi) is 18.6. The van der Waals surface area contributed by atoms with Crippen molar-refractivity contribution >= 4 is 17.7 Å². The third kappa shape index (κ3) is 12.0. The van der Waals surface area contributed by atoms with Crippen molar-refractivity contribution in [1.82, 2.24) is 4.90 Å². The fourth-order valence-corrected chi connectivity index (χ4v) is 6.11. The van der Waals surface area contributed by atoms with E-state index in [4.69, 9.17) is 15.2 Å². The lowest BCUT2D eigenvalue weighted by molar-refractivity contribution is -0.135. The predicted octanol–water partition coefficient (Wildman–Crippen LogP) is 9.09. The standard InChI is InChI=1S/C39H46FN3O4.C2H6.C2H2/c1-5-11-27-15-17-29(18-16-27)34-21-19-30(37(41)44)24-31(34)26-47-33-20-22-35(36(40)25-33)38(42-3)43(32-13-8-7-9-14-32)23-10-12-28(6-2)39(45)46-4;2*1-2/h6,10,12,15-22,24-25,32H,5,7-9,11,13-14,23,26H2,1-4H3,(H2,41,44);1-2H3;1-2H/b12-10-,28-6+,42-38?;;. The van der Waals surface area contributed by atoms with Crippen LogP contribution < -0.4 is 10.5 Å². The largest absolute Gasteiger partial charge is 0.489 e. The Balaban J connectivity index is 0.00000217. The predicted molar refractivity (Wildman–Crippen MR) is 207 cm³/mol. The average Bonchev–Trinajstić information content (AvgIpc) is 3.17. The van der Waals surface area contributed by atoms with E-state index in [0.29, 0.717) is 34.8 Å². The number of nitrogens with zero attached hydrogens (tertiary/aromatic N) is 2. The number of carbonyl (C=O) groups excluding carboxylic acids is 2. The van der Waals surface area contributed by atoms with Crippen molar-refractivity contribution in [3.63, 3.8) is 0 Å². The van der Waals surface area contributed by atoms with E-state index in [-0.39, 0.29) is 12.6 Å². The Hall–Kier alpha value is -5.16. The molecule has 7 nitrogen and oxygen atoms in total. The van der Waals surface area contributed by atoms with Crippen LogP contribution in [0.25, 0.3) is 11.1 Å². The maximum absolute atomic E-state index is 15.9. The van der Waals surface area contributed by atoms with Crippen LogP contribution in [0.15, 0.2) is 89.5 Å². The van der Waals surface area contributed by atoms with E-state index in [0.717, 1.165) is 55.2 Å². The van der Waals surface area contributed by atoms with Gasteiger partial charge in [-0.3, -0.25) is 9.79 Å². The second kappa shape index (κ2) is 22.5. The molecule has 1 fully saturated rings. The number of methoxy groups -OCH3 is 1. The number of esters is 1. The van der Waals surface area contributed by atoms with Gasteiger partial charge < -0.3 is 20.1 Å². The topological polar surface area (TPSA) is 94.2 Å². The third-order valence-corrected chi connectivity index (χ3v) is 8.60. The number of halogens is 1. The number of rotatable bonds is 13. The molecule has 0 spiro atoms. The number of nitrogens with two attached hydrogens (primary N) is 1. The van der Waals surface area contributed by atoms with Gasteiger partial charge in [-0.1, -0.05) is 95.0 Å². The van der Waals surface area contributed by atoms with Crippen molar-refractivity contribution in [3.8, 4) is 29.7 Å². The summed E-state index contributed by atoms with van der Waals surface area (Å²) < 4.78 is 26.9. The molecule has 0 aliphatic heterocycles. The van der Waals surface area contributed by atoms with Gasteiger partial charge in [-0.15, -0.1) is 12.8 Å². The van der Waals surface area contributed by atoms with E-state index in [1.54, 1.807) is 50.4 Å². The molecule has 0 unspecified atom stereocenters. The van der Waals surface area contributed by atoms with Gasteiger partial charge in [0, 0.05) is 31.3 Å². The van der Waals surface area contributed by atoms with Crippen LogP contribution in [-0.2, 0) is 22.6 Å². The number of primary amides is 1. The monoisotopic (exact) mass is 695 g/mol. The van der Waals surface area contributed by atoms with Gasteiger partial charge in [0.15, 0.2) is 0 Å². The number of hydrogen-bond acceptors (Lipinski definition) is 5. The van der Waals surface area contributed by atoms with Crippen molar-refractivity contribution in [1.29, 1.82) is 0 Å². The van der Waals surface area contributed by atoms with Crippen LogP contribution in [0.5, 0.6) is 5.75 Å². The highest BCUT2D eigenvalue weighted by Crippen LogP contribution is 2.29. The molecule has 3 aromatic carbocycles. The summed E-state index contributed by atoms with van der Waals surface area (Å²) in [6.07, 6.45) is 20.8. The average molecular weight is 696 g/mol. The molecule has 8 heteroatoms. The highest BCUT2D eigenvalue weighted by atomic mass is 19.1. The van der Waals surface area contributed by atoms with Crippen LogP contribution in [0.1, 0.15) is 93.3 Å². The Morgan fingerprint density at radius 3 is 2.27 bits per heavy atom. The molecule has 4 rings (SSSR count). The fourth-order valence-electron chi connectivity index (χ4n) is 6.11. The maximum atomic E-state index is 15.9. The molecule has 272 valence electrons. The number of carbonyl (C=O) groups is 2. The smallest absolute Gasteiger partial charge is 0.337 e. The van der Waals surface area contributed by atoms with E-state index >= 15 is 4.39 Å². The molecular weight excluding hydrogens is 641 g/mol. The summed E-state index contributed by atoms with van der Waals surface area (Å²) in [4.78, 5) is 30.7. The fraction of sp³-hybridized carbons (Fsp3) is 0.372. The second-order valence-corrected chi connectivity index (χ2v) is 11.7. The van der Waals surface area contributed by atoms with Gasteiger partial charge in [0.1, 0.15) is 24.0 Å². The number of amides is 1. The van der Waals surface area contributed by atoms with Crippen LogP contribution in [0.4, 0.5) is 4.39 Å². The van der Waals surface area contributed by atoms with Crippen LogP contribution in [0, 0.1) is 18.7 Å².